The van der Waals surface area contributed by atoms with Crippen molar-refractivity contribution in [2.75, 3.05) is 6.26 Å². The lowest BCUT2D eigenvalue weighted by Gasteiger charge is -2.21. The van der Waals surface area contributed by atoms with E-state index in [1.807, 2.05) is 13.8 Å². The van der Waals surface area contributed by atoms with E-state index >= 15 is 0 Å². The van der Waals surface area contributed by atoms with Crippen molar-refractivity contribution in [1.29, 1.82) is 0 Å². The lowest BCUT2D eigenvalue weighted by molar-refractivity contribution is 0.660. The molecule has 1 aliphatic carbocycles. The molecule has 0 atom stereocenters. The maximum absolute atomic E-state index is 3.56. The third-order valence-electron chi connectivity index (χ3n) is 3.55. The zero-order chi connectivity index (χ0) is 15.3. The molecule has 0 heterocycles. The van der Waals surface area contributed by atoms with Crippen LogP contribution in [0.1, 0.15) is 38.8 Å². The smallest absolute Gasteiger partial charge is 0.0178 e. The second-order valence-corrected chi connectivity index (χ2v) is 5.78. The highest BCUT2D eigenvalue weighted by Gasteiger charge is 2.34. The Morgan fingerprint density at radius 2 is 1.40 bits per heavy atom. The fourth-order valence-electron chi connectivity index (χ4n) is 2.68. The van der Waals surface area contributed by atoms with E-state index in [1.54, 1.807) is 6.26 Å². The molecule has 108 valence electrons. The van der Waals surface area contributed by atoms with Crippen LogP contribution in [0.25, 0.3) is 11.1 Å². The molecule has 0 spiro atoms. The van der Waals surface area contributed by atoms with Crippen molar-refractivity contribution < 1.29 is 0 Å². The molecule has 0 unspecified atom stereocenters. The van der Waals surface area contributed by atoms with Gasteiger partial charge in [0.15, 0.2) is 0 Å². The summed E-state index contributed by atoms with van der Waals surface area (Å²) in [4.78, 5) is 0. The first-order chi connectivity index (χ1) is 9.60. The van der Waals surface area contributed by atoms with E-state index in [-0.39, 0.29) is 5.41 Å². The summed E-state index contributed by atoms with van der Waals surface area (Å²) >= 11 is 7.09. The third-order valence-corrected chi connectivity index (χ3v) is 4.04. The van der Waals surface area contributed by atoms with Crippen LogP contribution in [0.4, 0.5) is 0 Å². The van der Waals surface area contributed by atoms with Gasteiger partial charge in [-0.1, -0.05) is 74.0 Å². The fourth-order valence-corrected chi connectivity index (χ4v) is 3.04. The van der Waals surface area contributed by atoms with E-state index < -0.39 is 0 Å². The van der Waals surface area contributed by atoms with E-state index in [4.69, 9.17) is 0 Å². The predicted molar refractivity (Wildman–Crippen MR) is 98.0 cm³/mol. The van der Waals surface area contributed by atoms with Gasteiger partial charge in [-0.3, -0.25) is 0 Å². The Bertz CT molecular complexity index is 573. The molecular formula is C18H23BrS. The van der Waals surface area contributed by atoms with Gasteiger partial charge >= 0.3 is 0 Å². The minimum atomic E-state index is 0.121. The van der Waals surface area contributed by atoms with Gasteiger partial charge in [0.05, 0.1) is 0 Å². The number of rotatable bonds is 0. The lowest BCUT2D eigenvalue weighted by Crippen LogP contribution is -2.14. The average molecular weight is 351 g/mol. The van der Waals surface area contributed by atoms with Crippen molar-refractivity contribution in [2.24, 2.45) is 0 Å². The predicted octanol–water partition coefficient (Wildman–Crippen LogP) is 6.33. The summed E-state index contributed by atoms with van der Waals surface area (Å²) in [7, 11) is 0. The molecular weight excluding hydrogens is 328 g/mol. The number of halogens is 1. The molecule has 0 bridgehead atoms. The minimum absolute atomic E-state index is 0.121. The van der Waals surface area contributed by atoms with E-state index in [1.165, 1.54) is 22.3 Å². The van der Waals surface area contributed by atoms with Gasteiger partial charge in [-0.05, 0) is 40.6 Å². The molecule has 3 rings (SSSR count). The van der Waals surface area contributed by atoms with Gasteiger partial charge in [-0.15, -0.1) is 0 Å². The molecule has 0 fully saturated rings. The van der Waals surface area contributed by atoms with E-state index in [0.29, 0.717) is 0 Å². The van der Waals surface area contributed by atoms with Gasteiger partial charge in [-0.2, -0.15) is 12.6 Å². The molecule has 2 aromatic rings. The zero-order valence-corrected chi connectivity index (χ0v) is 15.3. The molecule has 0 aliphatic heterocycles. The highest BCUT2D eigenvalue weighted by atomic mass is 79.9. The molecule has 0 aromatic heterocycles. The Labute approximate surface area is 137 Å². The highest BCUT2D eigenvalue weighted by Crippen LogP contribution is 2.48. The summed E-state index contributed by atoms with van der Waals surface area (Å²) in [6.45, 7) is 8.59. The zero-order valence-electron chi connectivity index (χ0n) is 12.9. The van der Waals surface area contributed by atoms with E-state index in [9.17, 15) is 0 Å². The van der Waals surface area contributed by atoms with Crippen LogP contribution in [0, 0.1) is 0 Å². The maximum atomic E-state index is 3.56. The van der Waals surface area contributed by atoms with Crippen LogP contribution in [0.15, 0.2) is 46.9 Å². The van der Waals surface area contributed by atoms with Crippen molar-refractivity contribution in [2.45, 2.75) is 33.1 Å². The van der Waals surface area contributed by atoms with Gasteiger partial charge in [0.1, 0.15) is 0 Å². The quantitative estimate of drug-likeness (QED) is 0.527. The number of hydrogen-bond acceptors (Lipinski definition) is 1. The Morgan fingerprint density at radius 1 is 0.850 bits per heavy atom. The summed E-state index contributed by atoms with van der Waals surface area (Å²) in [5, 5.41) is 0. The molecule has 0 saturated heterocycles. The molecule has 0 radical (unpaired) electrons. The maximum Gasteiger partial charge on any atom is 0.0178 e. The van der Waals surface area contributed by atoms with Crippen LogP contribution >= 0.6 is 28.6 Å². The molecule has 20 heavy (non-hydrogen) atoms. The summed E-state index contributed by atoms with van der Waals surface area (Å²) in [6, 6.07) is 15.3. The van der Waals surface area contributed by atoms with Crippen LogP contribution in [0.5, 0.6) is 0 Å². The van der Waals surface area contributed by atoms with Crippen molar-refractivity contribution in [3.63, 3.8) is 0 Å². The standard InChI is InChI=1S/C15H13Br.C2H6.CH4S/c1-15(2)13-6-4-3-5-11(13)12-8-7-10(16)9-14(12)15;2*1-2/h3-9H,1-2H3;1-2H3;2H,1H3. The Balaban J connectivity index is 0.000000461. The minimum Gasteiger partial charge on any atom is -0.183 e. The van der Waals surface area contributed by atoms with Gasteiger partial charge in [0.2, 0.25) is 0 Å². The first kappa shape index (κ1) is 17.3. The SMILES string of the molecule is CC.CC1(C)c2ccccc2-c2ccc(Br)cc21.CS. The van der Waals surface area contributed by atoms with E-state index in [2.05, 4.69) is 84.9 Å². The molecule has 1 aliphatic rings. The topological polar surface area (TPSA) is 0 Å². The molecule has 0 saturated carbocycles. The summed E-state index contributed by atoms with van der Waals surface area (Å²) in [5.41, 5.74) is 5.74. The number of hydrogen-bond donors (Lipinski definition) is 1. The van der Waals surface area contributed by atoms with Crippen LogP contribution < -0.4 is 0 Å². The Hall–Kier alpha value is -0.730. The number of fused-ring (bicyclic) bond motifs is 3. The third kappa shape index (κ3) is 2.96. The van der Waals surface area contributed by atoms with Gasteiger partial charge in [0.25, 0.3) is 0 Å². The van der Waals surface area contributed by atoms with Crippen LogP contribution in [0.3, 0.4) is 0 Å². The van der Waals surface area contributed by atoms with Crippen molar-refractivity contribution in [3.8, 4) is 11.1 Å². The van der Waals surface area contributed by atoms with Gasteiger partial charge in [-0.25, -0.2) is 0 Å². The number of thiol groups is 1. The largest absolute Gasteiger partial charge is 0.183 e. The molecule has 2 heteroatoms. The first-order valence-corrected chi connectivity index (χ1v) is 8.64. The van der Waals surface area contributed by atoms with Crippen molar-refractivity contribution in [1.82, 2.24) is 0 Å². The highest BCUT2D eigenvalue weighted by molar-refractivity contribution is 9.10. The molecule has 0 amide bonds. The Morgan fingerprint density at radius 3 is 2.05 bits per heavy atom. The summed E-state index contributed by atoms with van der Waals surface area (Å²) in [5.74, 6) is 0. The molecule has 2 aromatic carbocycles. The second kappa shape index (κ2) is 7.33. The average Bonchev–Trinajstić information content (AvgIpc) is 2.72. The van der Waals surface area contributed by atoms with Crippen LogP contribution in [0.2, 0.25) is 0 Å². The fraction of sp³-hybridized carbons (Fsp3) is 0.333. The summed E-state index contributed by atoms with van der Waals surface area (Å²) < 4.78 is 1.16. The van der Waals surface area contributed by atoms with Crippen molar-refractivity contribution in [3.05, 3.63) is 58.1 Å². The summed E-state index contributed by atoms with van der Waals surface area (Å²) in [6.07, 6.45) is 1.69. The van der Waals surface area contributed by atoms with Gasteiger partial charge in [0, 0.05) is 9.89 Å². The monoisotopic (exact) mass is 350 g/mol. The second-order valence-electron chi connectivity index (χ2n) is 4.86. The van der Waals surface area contributed by atoms with Crippen molar-refractivity contribution >= 4 is 28.6 Å². The Kier molecular flexibility index (Phi) is 6.35. The van der Waals surface area contributed by atoms with E-state index in [0.717, 1.165) is 4.47 Å². The molecule has 0 nitrogen and oxygen atoms in total. The first-order valence-electron chi connectivity index (χ1n) is 6.95. The lowest BCUT2D eigenvalue weighted by atomic mass is 9.82. The van der Waals surface area contributed by atoms with Crippen LogP contribution in [-0.4, -0.2) is 6.26 Å². The van der Waals surface area contributed by atoms with Gasteiger partial charge < -0.3 is 0 Å². The van der Waals surface area contributed by atoms with Crippen LogP contribution in [-0.2, 0) is 5.41 Å². The molecule has 0 N–H and O–H groups in total. The number of benzene rings is 2. The normalized spacial score (nSPS) is 13.2.